The second-order valence-corrected chi connectivity index (χ2v) is 4.84. The van der Waals surface area contributed by atoms with Crippen LogP contribution in [0.15, 0.2) is 59.7 Å². The Hall–Kier alpha value is -3.22. The summed E-state index contributed by atoms with van der Waals surface area (Å²) < 4.78 is 0. The number of likely N-dealkylation sites (N-methyl/N-ethyl adjacent to an activating group) is 1. The number of nitro benzene ring substituents is 1. The molecule has 2 aromatic rings. The summed E-state index contributed by atoms with van der Waals surface area (Å²) in [6.45, 7) is 0.149. The molecule has 0 heterocycles. The van der Waals surface area contributed by atoms with Crippen molar-refractivity contribution in [2.75, 3.05) is 18.5 Å². The van der Waals surface area contributed by atoms with Crippen molar-refractivity contribution in [1.29, 1.82) is 0 Å². The molecule has 0 aliphatic rings. The van der Waals surface area contributed by atoms with Crippen LogP contribution in [0, 0.1) is 10.1 Å². The van der Waals surface area contributed by atoms with Gasteiger partial charge in [-0.3, -0.25) is 14.9 Å². The quantitative estimate of drug-likeness (QED) is 0.503. The van der Waals surface area contributed by atoms with E-state index in [1.54, 1.807) is 24.1 Å². The minimum atomic E-state index is -0.481. The van der Waals surface area contributed by atoms with Gasteiger partial charge in [0.1, 0.15) is 0 Å². The van der Waals surface area contributed by atoms with E-state index in [0.717, 1.165) is 5.69 Å². The average Bonchev–Trinajstić information content (AvgIpc) is 2.56. The first-order valence-electron chi connectivity index (χ1n) is 6.89. The summed E-state index contributed by atoms with van der Waals surface area (Å²) in [5.41, 5.74) is 3.83. The Balaban J connectivity index is 1.89. The molecule has 0 bridgehead atoms. The van der Waals surface area contributed by atoms with Crippen LogP contribution in [0.4, 0.5) is 11.4 Å². The molecule has 2 aromatic carbocycles. The van der Waals surface area contributed by atoms with Gasteiger partial charge in [0.15, 0.2) is 0 Å². The topological polar surface area (TPSA) is 87.8 Å². The third-order valence-electron chi connectivity index (χ3n) is 3.06. The number of nitro groups is 1. The smallest absolute Gasteiger partial charge is 0.270 e. The molecule has 0 saturated heterocycles. The summed E-state index contributed by atoms with van der Waals surface area (Å²) in [6, 6.07) is 15.5. The van der Waals surface area contributed by atoms with Crippen LogP contribution in [0.25, 0.3) is 0 Å². The number of hydrogen-bond donors (Lipinski definition) is 1. The number of amides is 1. The minimum Gasteiger partial charge on any atom is -0.365 e. The number of carbonyl (C=O) groups is 1. The summed E-state index contributed by atoms with van der Waals surface area (Å²) in [6.07, 6.45) is 1.37. The molecule has 0 aromatic heterocycles. The van der Waals surface area contributed by atoms with Crippen LogP contribution < -0.4 is 10.3 Å². The zero-order valence-electron chi connectivity index (χ0n) is 12.5. The van der Waals surface area contributed by atoms with Crippen molar-refractivity contribution < 1.29 is 9.72 Å². The molecule has 1 amide bonds. The van der Waals surface area contributed by atoms with Crippen molar-refractivity contribution in [3.63, 3.8) is 0 Å². The number of benzene rings is 2. The molecule has 0 fully saturated rings. The average molecular weight is 312 g/mol. The van der Waals surface area contributed by atoms with Crippen molar-refractivity contribution in [3.05, 3.63) is 70.3 Å². The van der Waals surface area contributed by atoms with E-state index in [2.05, 4.69) is 10.5 Å². The van der Waals surface area contributed by atoms with E-state index in [9.17, 15) is 14.9 Å². The van der Waals surface area contributed by atoms with Gasteiger partial charge in [-0.25, -0.2) is 5.43 Å². The molecule has 0 radical (unpaired) electrons. The second-order valence-electron chi connectivity index (χ2n) is 4.84. The number of hydrazone groups is 1. The van der Waals surface area contributed by atoms with Crippen molar-refractivity contribution in [1.82, 2.24) is 5.43 Å². The number of rotatable bonds is 6. The van der Waals surface area contributed by atoms with E-state index in [-0.39, 0.29) is 18.1 Å². The molecule has 0 atom stereocenters. The SMILES string of the molecule is CN(CC(=O)N/N=C/c1cccc([N+](=O)[O-])c1)c1ccccc1. The molecule has 0 spiro atoms. The molecule has 0 aliphatic carbocycles. The third kappa shape index (κ3) is 4.92. The van der Waals surface area contributed by atoms with Gasteiger partial charge >= 0.3 is 0 Å². The Morgan fingerprint density at radius 3 is 2.70 bits per heavy atom. The van der Waals surface area contributed by atoms with Gasteiger partial charge in [0.2, 0.25) is 0 Å². The van der Waals surface area contributed by atoms with E-state index in [1.165, 1.54) is 18.3 Å². The van der Waals surface area contributed by atoms with E-state index in [4.69, 9.17) is 0 Å². The van der Waals surface area contributed by atoms with Gasteiger partial charge in [0, 0.05) is 30.4 Å². The fraction of sp³-hybridized carbons (Fsp3) is 0.125. The van der Waals surface area contributed by atoms with E-state index in [0.29, 0.717) is 5.56 Å². The molecule has 0 saturated carbocycles. The van der Waals surface area contributed by atoms with Gasteiger partial charge in [-0.2, -0.15) is 5.10 Å². The Morgan fingerprint density at radius 2 is 2.00 bits per heavy atom. The zero-order valence-corrected chi connectivity index (χ0v) is 12.5. The predicted octanol–water partition coefficient (Wildman–Crippen LogP) is 2.18. The van der Waals surface area contributed by atoms with Crippen LogP contribution in [0.2, 0.25) is 0 Å². The van der Waals surface area contributed by atoms with Gasteiger partial charge in [0.25, 0.3) is 11.6 Å². The predicted molar refractivity (Wildman–Crippen MR) is 88.5 cm³/mol. The van der Waals surface area contributed by atoms with Crippen molar-refractivity contribution in [3.8, 4) is 0 Å². The summed E-state index contributed by atoms with van der Waals surface area (Å²) in [5.74, 6) is -0.280. The Kier molecular flexibility index (Phi) is 5.40. The summed E-state index contributed by atoms with van der Waals surface area (Å²) >= 11 is 0. The fourth-order valence-corrected chi connectivity index (χ4v) is 1.92. The lowest BCUT2D eigenvalue weighted by atomic mass is 10.2. The lowest BCUT2D eigenvalue weighted by Gasteiger charge is -2.17. The molecule has 0 unspecified atom stereocenters. The van der Waals surface area contributed by atoms with Crippen LogP contribution >= 0.6 is 0 Å². The number of carbonyl (C=O) groups excluding carboxylic acids is 1. The third-order valence-corrected chi connectivity index (χ3v) is 3.06. The van der Waals surface area contributed by atoms with Crippen LogP contribution in [0.3, 0.4) is 0 Å². The summed E-state index contributed by atoms with van der Waals surface area (Å²) in [5, 5.41) is 14.5. The molecule has 23 heavy (non-hydrogen) atoms. The number of hydrogen-bond acceptors (Lipinski definition) is 5. The van der Waals surface area contributed by atoms with Crippen LogP contribution in [0.5, 0.6) is 0 Å². The van der Waals surface area contributed by atoms with E-state index < -0.39 is 4.92 Å². The molecule has 7 nitrogen and oxygen atoms in total. The van der Waals surface area contributed by atoms with E-state index >= 15 is 0 Å². The second kappa shape index (κ2) is 7.69. The number of non-ortho nitro benzene ring substituents is 1. The van der Waals surface area contributed by atoms with Crippen LogP contribution in [0.1, 0.15) is 5.56 Å². The standard InChI is InChI=1S/C16H16N4O3/c1-19(14-7-3-2-4-8-14)12-16(21)18-17-11-13-6-5-9-15(10-13)20(22)23/h2-11H,12H2,1H3,(H,18,21)/b17-11+. The zero-order chi connectivity index (χ0) is 16.7. The molecule has 118 valence electrons. The largest absolute Gasteiger partial charge is 0.365 e. The Morgan fingerprint density at radius 1 is 1.26 bits per heavy atom. The fourth-order valence-electron chi connectivity index (χ4n) is 1.92. The highest BCUT2D eigenvalue weighted by molar-refractivity contribution is 5.84. The molecule has 1 N–H and O–H groups in total. The highest BCUT2D eigenvalue weighted by Crippen LogP contribution is 2.11. The number of nitrogens with zero attached hydrogens (tertiary/aromatic N) is 3. The molecule has 0 aliphatic heterocycles. The lowest BCUT2D eigenvalue weighted by Crippen LogP contribution is -2.32. The van der Waals surface area contributed by atoms with Crippen LogP contribution in [-0.4, -0.2) is 30.6 Å². The number of anilines is 1. The Labute approximate surface area is 133 Å². The maximum absolute atomic E-state index is 11.8. The first kappa shape index (κ1) is 16.2. The van der Waals surface area contributed by atoms with Gasteiger partial charge in [-0.05, 0) is 12.1 Å². The maximum Gasteiger partial charge on any atom is 0.270 e. The monoisotopic (exact) mass is 312 g/mol. The first-order chi connectivity index (χ1) is 11.1. The van der Waals surface area contributed by atoms with Gasteiger partial charge in [-0.15, -0.1) is 0 Å². The maximum atomic E-state index is 11.8. The lowest BCUT2D eigenvalue weighted by molar-refractivity contribution is -0.384. The summed E-state index contributed by atoms with van der Waals surface area (Å²) in [4.78, 5) is 23.8. The van der Waals surface area contributed by atoms with E-state index in [1.807, 2.05) is 30.3 Å². The van der Waals surface area contributed by atoms with Gasteiger partial charge in [0.05, 0.1) is 17.7 Å². The Bertz CT molecular complexity index is 716. The number of para-hydroxylation sites is 1. The highest BCUT2D eigenvalue weighted by atomic mass is 16.6. The van der Waals surface area contributed by atoms with Crippen LogP contribution in [-0.2, 0) is 4.79 Å². The highest BCUT2D eigenvalue weighted by Gasteiger charge is 2.06. The minimum absolute atomic E-state index is 0.0240. The number of nitrogens with one attached hydrogen (secondary N) is 1. The van der Waals surface area contributed by atoms with Gasteiger partial charge in [-0.1, -0.05) is 30.3 Å². The van der Waals surface area contributed by atoms with Crippen molar-refractivity contribution in [2.45, 2.75) is 0 Å². The van der Waals surface area contributed by atoms with Crippen molar-refractivity contribution in [2.24, 2.45) is 5.10 Å². The van der Waals surface area contributed by atoms with Crippen molar-refractivity contribution >= 4 is 23.5 Å². The molecular weight excluding hydrogens is 296 g/mol. The summed E-state index contributed by atoms with van der Waals surface area (Å²) in [7, 11) is 1.80. The molecule has 2 rings (SSSR count). The first-order valence-corrected chi connectivity index (χ1v) is 6.89. The van der Waals surface area contributed by atoms with Gasteiger partial charge < -0.3 is 4.90 Å². The molecule has 7 heteroatoms. The molecular formula is C16H16N4O3. The normalized spacial score (nSPS) is 10.5.